The lowest BCUT2D eigenvalue weighted by Crippen LogP contribution is -2.66. The lowest BCUT2D eigenvalue weighted by Gasteiger charge is -2.43. The van der Waals surface area contributed by atoms with Crippen molar-refractivity contribution in [2.24, 2.45) is 4.99 Å². The molecule has 4 aromatic rings. The summed E-state index contributed by atoms with van der Waals surface area (Å²) in [6, 6.07) is 32.2. The van der Waals surface area contributed by atoms with Gasteiger partial charge in [-0.1, -0.05) is 113 Å². The van der Waals surface area contributed by atoms with Crippen LogP contribution in [0.4, 0.5) is 0 Å². The van der Waals surface area contributed by atoms with Crippen molar-refractivity contribution in [3.05, 3.63) is 127 Å². The zero-order chi connectivity index (χ0) is 32.0. The highest BCUT2D eigenvalue weighted by atomic mass is 28.4. The van der Waals surface area contributed by atoms with E-state index in [1.165, 1.54) is 21.5 Å². The molecule has 0 bridgehead atoms. The molecule has 1 aliphatic rings. The summed E-state index contributed by atoms with van der Waals surface area (Å²) in [5.41, 5.74) is 7.02. The molecular formula is C39H45N3O2Si. The predicted octanol–water partition coefficient (Wildman–Crippen LogP) is 7.58. The molecule has 0 fully saturated rings. The number of ether oxygens (including phenoxy) is 1. The summed E-state index contributed by atoms with van der Waals surface area (Å²) in [5, 5.41) is 6.28. The Morgan fingerprint density at radius 1 is 0.978 bits per heavy atom. The van der Waals surface area contributed by atoms with Gasteiger partial charge in [-0.25, -0.2) is 4.98 Å². The summed E-state index contributed by atoms with van der Waals surface area (Å²) in [6.07, 6.45) is 2.60. The van der Waals surface area contributed by atoms with Crippen LogP contribution in [-0.4, -0.2) is 39.8 Å². The van der Waals surface area contributed by atoms with Crippen molar-refractivity contribution in [3.8, 4) is 11.3 Å². The molecule has 0 radical (unpaired) electrons. The predicted molar refractivity (Wildman–Crippen MR) is 192 cm³/mol. The number of pyridine rings is 1. The standard InChI is InChI=1S/C39H45N3O2Si/c1-8-43-29(3)36-25-32-27-41-35(37(32)38(42-36)31-17-15-16-30(24-31)28(2)26-40-7)22-23-44-45(39(4,5)6,33-18-11-9-12-19-33)34-20-13-10-14-21-34/h9-21,24-26,35,41H,2-3,8,22-23,27H2,1,4-7H3/t35-/m1/s1. The van der Waals surface area contributed by atoms with E-state index in [-0.39, 0.29) is 11.1 Å². The lowest BCUT2D eigenvalue weighted by atomic mass is 9.94. The van der Waals surface area contributed by atoms with E-state index in [0.29, 0.717) is 19.0 Å². The van der Waals surface area contributed by atoms with E-state index in [2.05, 4.69) is 135 Å². The second-order valence-electron chi connectivity index (χ2n) is 12.5. The van der Waals surface area contributed by atoms with Crippen molar-refractivity contribution in [1.29, 1.82) is 0 Å². The summed E-state index contributed by atoms with van der Waals surface area (Å²) in [4.78, 5) is 9.33. The van der Waals surface area contributed by atoms with Gasteiger partial charge in [0.25, 0.3) is 8.32 Å². The van der Waals surface area contributed by atoms with Crippen LogP contribution in [0.2, 0.25) is 5.04 Å². The van der Waals surface area contributed by atoms with Gasteiger partial charge in [-0.2, -0.15) is 0 Å². The minimum atomic E-state index is -2.65. The van der Waals surface area contributed by atoms with E-state index < -0.39 is 8.32 Å². The molecule has 1 aromatic heterocycles. The molecule has 1 aliphatic heterocycles. The number of aromatic nitrogens is 1. The highest BCUT2D eigenvalue weighted by Crippen LogP contribution is 2.40. The molecule has 5 rings (SSSR count). The molecule has 0 unspecified atom stereocenters. The van der Waals surface area contributed by atoms with Crippen LogP contribution in [0.25, 0.3) is 22.6 Å². The average Bonchev–Trinajstić information content (AvgIpc) is 3.46. The third-order valence-corrected chi connectivity index (χ3v) is 13.6. The maximum atomic E-state index is 7.28. The number of hydrogen-bond donors (Lipinski definition) is 1. The second-order valence-corrected chi connectivity index (χ2v) is 16.8. The molecule has 1 N–H and O–H groups in total. The molecule has 0 saturated carbocycles. The first-order valence-electron chi connectivity index (χ1n) is 15.8. The largest absolute Gasteiger partial charge is 0.492 e. The topological polar surface area (TPSA) is 55.7 Å². The number of nitrogens with zero attached hydrogens (tertiary/aromatic N) is 2. The van der Waals surface area contributed by atoms with E-state index in [1.54, 1.807) is 13.3 Å². The number of benzene rings is 3. The zero-order valence-electron chi connectivity index (χ0n) is 27.3. The van der Waals surface area contributed by atoms with Crippen LogP contribution in [-0.2, 0) is 15.7 Å². The summed E-state index contributed by atoms with van der Waals surface area (Å²) < 4.78 is 13.1. The Labute approximate surface area is 269 Å². The molecule has 3 aromatic carbocycles. The first-order valence-corrected chi connectivity index (χ1v) is 17.7. The SMILES string of the molecule is C=C(C=NC)c1cccc(-c2nc(C(=C)OCC)cc3c2[C@@H](CCO[Si](c2ccccc2)(c2ccccc2)C(C)(C)C)NC3)c1. The normalized spacial score (nSPS) is 14.8. The van der Waals surface area contributed by atoms with Gasteiger partial charge in [-0.3, -0.25) is 4.99 Å². The van der Waals surface area contributed by atoms with Crippen LogP contribution in [0.1, 0.15) is 62.5 Å². The molecule has 45 heavy (non-hydrogen) atoms. The Bertz CT molecular complexity index is 1640. The molecule has 5 nitrogen and oxygen atoms in total. The Hall–Kier alpha value is -4.10. The van der Waals surface area contributed by atoms with Crippen molar-refractivity contribution in [3.63, 3.8) is 0 Å². The van der Waals surface area contributed by atoms with E-state index in [4.69, 9.17) is 14.1 Å². The molecule has 2 heterocycles. The lowest BCUT2D eigenvalue weighted by molar-refractivity contribution is 0.274. The van der Waals surface area contributed by atoms with Crippen LogP contribution < -0.4 is 15.7 Å². The van der Waals surface area contributed by atoms with E-state index in [0.717, 1.165) is 41.1 Å². The van der Waals surface area contributed by atoms with Gasteiger partial charge in [0.15, 0.2) is 0 Å². The minimum Gasteiger partial charge on any atom is -0.492 e. The minimum absolute atomic E-state index is 0.0808. The van der Waals surface area contributed by atoms with Gasteiger partial charge >= 0.3 is 0 Å². The third kappa shape index (κ3) is 6.64. The van der Waals surface area contributed by atoms with E-state index in [1.807, 2.05) is 6.92 Å². The second kappa shape index (κ2) is 13.9. The van der Waals surface area contributed by atoms with Crippen LogP contribution in [0.5, 0.6) is 0 Å². The van der Waals surface area contributed by atoms with Gasteiger partial charge in [0.05, 0.1) is 12.3 Å². The molecule has 1 atom stereocenters. The van der Waals surface area contributed by atoms with Crippen molar-refractivity contribution < 1.29 is 9.16 Å². The van der Waals surface area contributed by atoms with Crippen LogP contribution in [0, 0.1) is 0 Å². The van der Waals surface area contributed by atoms with Gasteiger partial charge in [0.2, 0.25) is 0 Å². The molecule has 0 saturated heterocycles. The fourth-order valence-corrected chi connectivity index (χ4v) is 11.1. The Balaban J connectivity index is 1.52. The van der Waals surface area contributed by atoms with Gasteiger partial charge < -0.3 is 14.5 Å². The van der Waals surface area contributed by atoms with Crippen molar-refractivity contribution in [2.45, 2.75) is 51.7 Å². The molecule has 6 heteroatoms. The summed E-state index contributed by atoms with van der Waals surface area (Å²) in [6.45, 7) is 19.2. The smallest absolute Gasteiger partial charge is 0.261 e. The molecule has 0 amide bonds. The summed E-state index contributed by atoms with van der Waals surface area (Å²) in [5.74, 6) is 0.582. The third-order valence-electron chi connectivity index (χ3n) is 8.57. The van der Waals surface area contributed by atoms with Crippen LogP contribution in [0.15, 0.2) is 109 Å². The number of hydrogen-bond acceptors (Lipinski definition) is 5. The Kier molecular flexibility index (Phi) is 9.98. The van der Waals surface area contributed by atoms with E-state index >= 15 is 0 Å². The number of aliphatic imine (C=N–C) groups is 1. The fraction of sp³-hybridized carbons (Fsp3) is 0.282. The van der Waals surface area contributed by atoms with Gasteiger partial charge in [0, 0.05) is 38.0 Å². The number of fused-ring (bicyclic) bond motifs is 1. The highest BCUT2D eigenvalue weighted by molar-refractivity contribution is 6.99. The Morgan fingerprint density at radius 2 is 1.64 bits per heavy atom. The number of allylic oxidation sites excluding steroid dienone is 1. The molecule has 0 spiro atoms. The maximum Gasteiger partial charge on any atom is 0.261 e. The number of rotatable bonds is 12. The van der Waals surface area contributed by atoms with Crippen LogP contribution in [0.3, 0.4) is 0 Å². The van der Waals surface area contributed by atoms with Crippen molar-refractivity contribution in [1.82, 2.24) is 10.3 Å². The van der Waals surface area contributed by atoms with Crippen molar-refractivity contribution >= 4 is 36.2 Å². The highest BCUT2D eigenvalue weighted by Gasteiger charge is 2.50. The molecular weight excluding hydrogens is 571 g/mol. The van der Waals surface area contributed by atoms with Crippen molar-refractivity contribution in [2.75, 3.05) is 20.3 Å². The molecule has 0 aliphatic carbocycles. The first-order chi connectivity index (χ1) is 21.7. The van der Waals surface area contributed by atoms with Gasteiger partial charge in [-0.15, -0.1) is 0 Å². The summed E-state index contributed by atoms with van der Waals surface area (Å²) in [7, 11) is -0.884. The van der Waals surface area contributed by atoms with Gasteiger partial charge in [-0.05, 0) is 63.2 Å². The maximum absolute atomic E-state index is 7.28. The van der Waals surface area contributed by atoms with Gasteiger partial charge in [0.1, 0.15) is 11.5 Å². The van der Waals surface area contributed by atoms with Crippen LogP contribution >= 0.6 is 0 Å². The summed E-state index contributed by atoms with van der Waals surface area (Å²) >= 11 is 0. The zero-order valence-corrected chi connectivity index (χ0v) is 28.3. The number of nitrogens with one attached hydrogen (secondary N) is 1. The first kappa shape index (κ1) is 32.3. The monoisotopic (exact) mass is 615 g/mol. The average molecular weight is 616 g/mol. The van der Waals surface area contributed by atoms with E-state index in [9.17, 15) is 0 Å². The fourth-order valence-electron chi connectivity index (χ4n) is 6.52. The molecule has 232 valence electrons. The Morgan fingerprint density at radius 3 is 2.24 bits per heavy atom. The quantitative estimate of drug-likeness (QED) is 0.101.